The van der Waals surface area contributed by atoms with Crippen LogP contribution < -0.4 is 10.5 Å². The van der Waals surface area contributed by atoms with Crippen LogP contribution in [0.5, 0.6) is 0 Å². The summed E-state index contributed by atoms with van der Waals surface area (Å²) < 4.78 is 101. The Morgan fingerprint density at radius 1 is 1.14 bits per heavy atom. The highest BCUT2D eigenvalue weighted by atomic mass is 16.7. The number of hydrogen-bond donors (Lipinski definition) is 0. The van der Waals surface area contributed by atoms with Crippen molar-refractivity contribution in [2.45, 2.75) is 38.9 Å². The fraction of sp³-hybridized carbons (Fsp3) is 0.688. The summed E-state index contributed by atoms with van der Waals surface area (Å²) in [6.07, 6.45) is 0. The molecule has 22 heavy (non-hydrogen) atoms. The third-order valence-corrected chi connectivity index (χ3v) is 4.03. The number of likely N-dealkylation sites (N-methyl/N-ethyl adjacent to an activating group) is 1. The minimum Gasteiger partial charge on any atom is -0.398 e. The average Bonchev–Trinajstić information content (AvgIpc) is 2.79. The first-order valence-electron chi connectivity index (χ1n) is 12.5. The molecule has 3 rings (SSSR count). The maximum atomic E-state index is 8.39. The maximum Gasteiger partial charge on any atom is 0.514 e. The Morgan fingerprint density at radius 3 is 2.36 bits per heavy atom. The van der Waals surface area contributed by atoms with Gasteiger partial charge in [0.05, 0.1) is 22.3 Å². The Hall–Kier alpha value is -1.11. The lowest BCUT2D eigenvalue weighted by atomic mass is 9.84. The zero-order valence-corrected chi connectivity index (χ0v) is 13.0. The molecule has 2 saturated heterocycles. The molecule has 0 bridgehead atoms. The van der Waals surface area contributed by atoms with Crippen LogP contribution in [-0.2, 0) is 9.31 Å². The van der Waals surface area contributed by atoms with Crippen molar-refractivity contribution in [2.75, 3.05) is 37.9 Å². The van der Waals surface area contributed by atoms with E-state index >= 15 is 0 Å². The van der Waals surface area contributed by atoms with Gasteiger partial charge in [0, 0.05) is 35.6 Å². The van der Waals surface area contributed by atoms with E-state index in [-0.39, 0.29) is 15.4 Å². The van der Waals surface area contributed by atoms with Crippen molar-refractivity contribution < 1.29 is 24.4 Å². The van der Waals surface area contributed by atoms with Crippen LogP contribution in [0.2, 0.25) is 0 Å². The summed E-state index contributed by atoms with van der Waals surface area (Å²) in [4.78, 5) is 4.05. The zero-order chi connectivity index (χ0) is 25.6. The molecule has 2 fully saturated rings. The minimum atomic E-state index is -3.48. The van der Waals surface area contributed by atoms with Crippen LogP contribution in [0.3, 0.4) is 0 Å². The highest BCUT2D eigenvalue weighted by Gasteiger charge is 2.52. The van der Waals surface area contributed by atoms with Crippen molar-refractivity contribution in [2.24, 2.45) is 0 Å². The first-order valence-corrected chi connectivity index (χ1v) is 6.95. The molecule has 1 aromatic rings. The first kappa shape index (κ1) is 7.20. The molecule has 0 atom stereocenters. The van der Waals surface area contributed by atoms with Gasteiger partial charge in [-0.05, 0) is 46.8 Å². The summed E-state index contributed by atoms with van der Waals surface area (Å²) in [5.41, 5.74) is -1.31. The molecule has 5 nitrogen and oxygen atoms in total. The van der Waals surface area contributed by atoms with Gasteiger partial charge in [-0.25, -0.2) is 4.98 Å². The molecule has 0 aromatic carbocycles. The summed E-state index contributed by atoms with van der Waals surface area (Å²) in [7, 11) is -0.996. The fourth-order valence-corrected chi connectivity index (χ4v) is 2.03. The van der Waals surface area contributed by atoms with Crippen molar-refractivity contribution in [1.29, 1.82) is 0 Å². The number of pyridine rings is 1. The normalized spacial score (nSPS) is 41.9. The van der Waals surface area contributed by atoms with Crippen LogP contribution in [0.15, 0.2) is 18.2 Å². The molecule has 0 saturated carbocycles. The van der Waals surface area contributed by atoms with E-state index in [0.717, 1.165) is 0 Å². The predicted molar refractivity (Wildman–Crippen MR) is 89.7 cm³/mol. The summed E-state index contributed by atoms with van der Waals surface area (Å²) in [5.74, 6) is -0.449. The van der Waals surface area contributed by atoms with Crippen LogP contribution in [0.4, 0.5) is 5.82 Å². The molecule has 0 spiro atoms. The van der Waals surface area contributed by atoms with E-state index in [9.17, 15) is 0 Å². The second kappa shape index (κ2) is 5.51. The quantitative estimate of drug-likeness (QED) is 0.765. The maximum absolute atomic E-state index is 8.39. The molecule has 0 aliphatic carbocycles. The predicted octanol–water partition coefficient (Wildman–Crippen LogP) is 1.13. The number of anilines is 1. The first-order chi connectivity index (χ1) is 14.5. The van der Waals surface area contributed by atoms with Gasteiger partial charge in [-0.15, -0.1) is 0 Å². The summed E-state index contributed by atoms with van der Waals surface area (Å²) in [6, 6.07) is 4.08. The number of piperazine rings is 1. The third-order valence-electron chi connectivity index (χ3n) is 4.03. The molecule has 1 aromatic heterocycles. The van der Waals surface area contributed by atoms with E-state index in [2.05, 4.69) is 4.98 Å². The van der Waals surface area contributed by atoms with Crippen molar-refractivity contribution >= 4 is 18.5 Å². The molecule has 120 valence electrons. The highest BCUT2D eigenvalue weighted by Crippen LogP contribution is 2.36. The van der Waals surface area contributed by atoms with Crippen LogP contribution in [0.25, 0.3) is 0 Å². The van der Waals surface area contributed by atoms with E-state index in [4.69, 9.17) is 24.4 Å². The van der Waals surface area contributed by atoms with Crippen LogP contribution in [0, 0.1) is 0 Å². The molecule has 2 aliphatic heterocycles. The van der Waals surface area contributed by atoms with Gasteiger partial charge in [0.25, 0.3) is 0 Å². The number of aromatic nitrogens is 1. The minimum absolute atomic E-state index is 0.136. The fourth-order valence-electron chi connectivity index (χ4n) is 2.03. The number of rotatable bonds is 2. The second-order valence-electron chi connectivity index (χ2n) is 6.13. The van der Waals surface area contributed by atoms with Gasteiger partial charge in [0.1, 0.15) is 5.82 Å². The Bertz CT molecular complexity index is 895. The highest BCUT2D eigenvalue weighted by molar-refractivity contribution is 6.61. The van der Waals surface area contributed by atoms with Gasteiger partial charge in [-0.3, -0.25) is 0 Å². The van der Waals surface area contributed by atoms with E-state index in [1.807, 2.05) is 27.7 Å². The molecule has 6 heteroatoms. The van der Waals surface area contributed by atoms with Gasteiger partial charge in [-0.2, -0.15) is 0 Å². The topological polar surface area (TPSA) is 37.8 Å². The SMILES string of the molecule is [2H]C([2H])([2H])N1C([2H])([2H])C([2H])([2H])N(c2cccc(B3OC(C)(C)C(C)(C)O3)n2)C([2H])([2H])C1([2H])[2H]. The van der Waals surface area contributed by atoms with Crippen molar-refractivity contribution in [3.63, 3.8) is 0 Å². The third kappa shape index (κ3) is 2.87. The Balaban J connectivity index is 2.15. The molecule has 0 unspecified atom stereocenters. The van der Waals surface area contributed by atoms with Crippen LogP contribution in [-0.4, -0.2) is 61.2 Å². The summed E-state index contributed by atoms with van der Waals surface area (Å²) >= 11 is 0. The Kier molecular flexibility index (Phi) is 1.80. The van der Waals surface area contributed by atoms with E-state index in [1.165, 1.54) is 18.2 Å². The van der Waals surface area contributed by atoms with Gasteiger partial charge in [-0.1, -0.05) is 6.07 Å². The number of hydrogen-bond acceptors (Lipinski definition) is 5. The summed E-state index contributed by atoms with van der Waals surface area (Å²) in [5, 5.41) is 0. The van der Waals surface area contributed by atoms with Crippen molar-refractivity contribution in [3.8, 4) is 0 Å². The van der Waals surface area contributed by atoms with Gasteiger partial charge >= 0.3 is 7.12 Å². The van der Waals surface area contributed by atoms with Crippen molar-refractivity contribution in [1.82, 2.24) is 9.88 Å². The lowest BCUT2D eigenvalue weighted by molar-refractivity contribution is 0.00578. The Labute approximate surface area is 149 Å². The van der Waals surface area contributed by atoms with Gasteiger partial charge < -0.3 is 19.1 Å². The molecule has 0 amide bonds. The van der Waals surface area contributed by atoms with Gasteiger partial charge in [0.2, 0.25) is 0 Å². The van der Waals surface area contributed by atoms with Gasteiger partial charge in [0.15, 0.2) is 0 Å². The largest absolute Gasteiger partial charge is 0.514 e. The van der Waals surface area contributed by atoms with Crippen LogP contribution in [0.1, 0.15) is 42.8 Å². The monoisotopic (exact) mass is 314 g/mol. The second-order valence-corrected chi connectivity index (χ2v) is 6.13. The van der Waals surface area contributed by atoms with Crippen LogP contribution >= 0.6 is 0 Å². The smallest absolute Gasteiger partial charge is 0.398 e. The lowest BCUT2D eigenvalue weighted by Crippen LogP contribution is -2.46. The van der Waals surface area contributed by atoms with E-state index in [0.29, 0.717) is 0 Å². The standard InChI is InChI=1S/C16H26BN3O2/c1-15(2)16(3,4)22-17(21-15)13-7-6-8-14(18-13)20-11-9-19(5)10-12-20/h6-8H,9-12H2,1-5H3/i5D3,9D2,10D2,11D2,12D2. The van der Waals surface area contributed by atoms with Crippen molar-refractivity contribution in [3.05, 3.63) is 18.2 Å². The van der Waals surface area contributed by atoms with E-state index in [1.54, 1.807) is 0 Å². The summed E-state index contributed by atoms with van der Waals surface area (Å²) in [6.45, 7) is -9.88. The Morgan fingerprint density at radius 2 is 1.77 bits per heavy atom. The molecular formula is C16H26BN3O2. The molecule has 3 heterocycles. The zero-order valence-electron chi connectivity index (χ0n) is 24.0. The molecular weight excluding hydrogens is 277 g/mol. The average molecular weight is 314 g/mol. The molecule has 0 N–H and O–H groups in total. The molecule has 2 aliphatic rings. The molecule has 0 radical (unpaired) electrons. The lowest BCUT2D eigenvalue weighted by Gasteiger charge is -2.33. The number of nitrogens with zero attached hydrogens (tertiary/aromatic N) is 3. The van der Waals surface area contributed by atoms with E-state index < -0.39 is 57.1 Å².